The summed E-state index contributed by atoms with van der Waals surface area (Å²) in [4.78, 5) is 23.4. The zero-order valence-corrected chi connectivity index (χ0v) is 14.2. The predicted octanol–water partition coefficient (Wildman–Crippen LogP) is 3.99. The van der Waals surface area contributed by atoms with E-state index in [0.29, 0.717) is 11.6 Å². The number of hydrogen-bond donors (Lipinski definition) is 1. The monoisotopic (exact) mass is 331 g/mol. The number of hydrogen-bond acceptors (Lipinski definition) is 4. The average Bonchev–Trinajstić information content (AvgIpc) is 3.06. The molecule has 1 heterocycles. The highest BCUT2D eigenvalue weighted by Gasteiger charge is 2.09. The van der Waals surface area contributed by atoms with Crippen molar-refractivity contribution >= 4 is 28.9 Å². The first kappa shape index (κ1) is 17.2. The number of thiophene rings is 1. The van der Waals surface area contributed by atoms with Crippen LogP contribution in [0.1, 0.15) is 37.3 Å². The van der Waals surface area contributed by atoms with Gasteiger partial charge in [0.2, 0.25) is 0 Å². The molecule has 0 aliphatic heterocycles. The lowest BCUT2D eigenvalue weighted by atomic mass is 9.99. The second-order valence-corrected chi connectivity index (χ2v) is 6.23. The smallest absolute Gasteiger partial charge is 0.310 e. The molecule has 1 aromatic heterocycles. The van der Waals surface area contributed by atoms with Crippen molar-refractivity contribution in [1.29, 1.82) is 0 Å². The van der Waals surface area contributed by atoms with Crippen LogP contribution < -0.4 is 5.32 Å². The summed E-state index contributed by atoms with van der Waals surface area (Å²) in [6.07, 6.45) is 1.27. The van der Waals surface area contributed by atoms with Crippen molar-refractivity contribution in [3.05, 3.63) is 52.2 Å². The summed E-state index contributed by atoms with van der Waals surface area (Å²) < 4.78 is 4.98. The van der Waals surface area contributed by atoms with Crippen LogP contribution in [0.5, 0.6) is 0 Å². The third-order valence-electron chi connectivity index (χ3n) is 3.67. The second kappa shape index (κ2) is 8.48. The molecule has 0 aliphatic rings. The molecule has 2 aromatic rings. The molecule has 1 N–H and O–H groups in total. The van der Waals surface area contributed by atoms with Gasteiger partial charge in [-0.05, 0) is 52.4 Å². The molecule has 0 spiro atoms. The Kier molecular flexibility index (Phi) is 6.35. The van der Waals surface area contributed by atoms with Crippen LogP contribution in [-0.4, -0.2) is 18.5 Å². The lowest BCUT2D eigenvalue weighted by Gasteiger charge is -2.10. The normalized spacial score (nSPS) is 11.7. The molecule has 0 saturated carbocycles. The Hall–Kier alpha value is -2.14. The minimum Gasteiger partial charge on any atom is -0.455 e. The molecule has 0 fully saturated rings. The van der Waals surface area contributed by atoms with E-state index in [9.17, 15) is 9.59 Å². The van der Waals surface area contributed by atoms with Crippen LogP contribution in [-0.2, 0) is 20.7 Å². The molecule has 5 heteroatoms. The van der Waals surface area contributed by atoms with Crippen LogP contribution in [0.15, 0.2) is 41.1 Å². The van der Waals surface area contributed by atoms with Crippen LogP contribution >= 0.6 is 11.3 Å². The van der Waals surface area contributed by atoms with Gasteiger partial charge >= 0.3 is 5.97 Å². The van der Waals surface area contributed by atoms with E-state index in [1.807, 2.05) is 41.1 Å². The number of rotatable bonds is 7. The second-order valence-electron chi connectivity index (χ2n) is 5.45. The molecule has 23 heavy (non-hydrogen) atoms. The van der Waals surface area contributed by atoms with Gasteiger partial charge in [-0.15, -0.1) is 0 Å². The molecular weight excluding hydrogens is 310 g/mol. The molecule has 2 rings (SSSR count). The Morgan fingerprint density at radius 3 is 2.57 bits per heavy atom. The first-order valence-electron chi connectivity index (χ1n) is 7.65. The SMILES string of the molecule is CC[C@H](C)c1ccc(NC(=O)COC(=O)Cc2ccsc2)cc1. The number of carbonyl (C=O) groups is 2. The van der Waals surface area contributed by atoms with E-state index in [4.69, 9.17) is 4.74 Å². The number of benzene rings is 1. The average molecular weight is 331 g/mol. The first-order valence-corrected chi connectivity index (χ1v) is 8.59. The van der Waals surface area contributed by atoms with E-state index >= 15 is 0 Å². The predicted molar refractivity (Wildman–Crippen MR) is 92.8 cm³/mol. The molecule has 0 saturated heterocycles. The molecule has 1 atom stereocenters. The van der Waals surface area contributed by atoms with Gasteiger partial charge in [-0.1, -0.05) is 26.0 Å². The van der Waals surface area contributed by atoms with Crippen molar-refractivity contribution in [3.63, 3.8) is 0 Å². The van der Waals surface area contributed by atoms with Crippen molar-refractivity contribution < 1.29 is 14.3 Å². The number of anilines is 1. The molecule has 4 nitrogen and oxygen atoms in total. The number of carbonyl (C=O) groups excluding carboxylic acids is 2. The molecule has 1 amide bonds. The van der Waals surface area contributed by atoms with Gasteiger partial charge in [-0.25, -0.2) is 0 Å². The largest absolute Gasteiger partial charge is 0.455 e. The molecule has 0 aliphatic carbocycles. The van der Waals surface area contributed by atoms with Crippen molar-refractivity contribution in [2.75, 3.05) is 11.9 Å². The Bertz CT molecular complexity index is 635. The molecule has 0 radical (unpaired) electrons. The minimum atomic E-state index is -0.398. The molecule has 122 valence electrons. The van der Waals surface area contributed by atoms with Gasteiger partial charge in [0.25, 0.3) is 5.91 Å². The topological polar surface area (TPSA) is 55.4 Å². The van der Waals surface area contributed by atoms with Gasteiger partial charge in [-0.3, -0.25) is 9.59 Å². The van der Waals surface area contributed by atoms with E-state index in [1.165, 1.54) is 16.9 Å². The highest BCUT2D eigenvalue weighted by Crippen LogP contribution is 2.20. The van der Waals surface area contributed by atoms with Crippen molar-refractivity contribution in [3.8, 4) is 0 Å². The van der Waals surface area contributed by atoms with Crippen LogP contribution in [0.25, 0.3) is 0 Å². The summed E-state index contributed by atoms with van der Waals surface area (Å²) in [6.45, 7) is 4.04. The summed E-state index contributed by atoms with van der Waals surface area (Å²) in [6, 6.07) is 9.61. The van der Waals surface area contributed by atoms with E-state index < -0.39 is 5.97 Å². The lowest BCUT2D eigenvalue weighted by Crippen LogP contribution is -2.21. The van der Waals surface area contributed by atoms with Gasteiger partial charge < -0.3 is 10.1 Å². The summed E-state index contributed by atoms with van der Waals surface area (Å²) in [7, 11) is 0. The molecule has 0 bridgehead atoms. The van der Waals surface area contributed by atoms with E-state index in [0.717, 1.165) is 12.0 Å². The van der Waals surface area contributed by atoms with Crippen LogP contribution in [0.3, 0.4) is 0 Å². The van der Waals surface area contributed by atoms with Crippen molar-refractivity contribution in [1.82, 2.24) is 0 Å². The zero-order chi connectivity index (χ0) is 16.7. The standard InChI is InChI=1S/C18H21NO3S/c1-3-13(2)15-4-6-16(7-5-15)19-17(20)11-22-18(21)10-14-8-9-23-12-14/h4-9,12-13H,3,10-11H2,1-2H3,(H,19,20)/t13-/m0/s1. The summed E-state index contributed by atoms with van der Waals surface area (Å²) in [5, 5.41) is 6.52. The minimum absolute atomic E-state index is 0.195. The van der Waals surface area contributed by atoms with Gasteiger partial charge in [0.1, 0.15) is 0 Å². The lowest BCUT2D eigenvalue weighted by molar-refractivity contribution is -0.146. The quantitative estimate of drug-likeness (QED) is 0.781. The Morgan fingerprint density at radius 1 is 1.22 bits per heavy atom. The van der Waals surface area contributed by atoms with Crippen molar-refractivity contribution in [2.45, 2.75) is 32.6 Å². The van der Waals surface area contributed by atoms with Crippen LogP contribution in [0.4, 0.5) is 5.69 Å². The number of nitrogens with one attached hydrogen (secondary N) is 1. The first-order chi connectivity index (χ1) is 11.1. The molecule has 0 unspecified atom stereocenters. The maximum Gasteiger partial charge on any atom is 0.310 e. The number of ether oxygens (including phenoxy) is 1. The molecule has 1 aromatic carbocycles. The fourth-order valence-electron chi connectivity index (χ4n) is 2.08. The summed E-state index contributed by atoms with van der Waals surface area (Å²) >= 11 is 1.53. The van der Waals surface area contributed by atoms with Crippen LogP contribution in [0.2, 0.25) is 0 Å². The number of esters is 1. The van der Waals surface area contributed by atoms with Gasteiger partial charge in [0.15, 0.2) is 6.61 Å². The number of amides is 1. The zero-order valence-electron chi connectivity index (χ0n) is 13.4. The maximum atomic E-state index is 11.8. The summed E-state index contributed by atoms with van der Waals surface area (Å²) in [5.74, 6) is -0.233. The third kappa shape index (κ3) is 5.53. The highest BCUT2D eigenvalue weighted by atomic mass is 32.1. The maximum absolute atomic E-state index is 11.8. The van der Waals surface area contributed by atoms with Crippen LogP contribution in [0, 0.1) is 0 Å². The highest BCUT2D eigenvalue weighted by molar-refractivity contribution is 7.07. The van der Waals surface area contributed by atoms with Crippen molar-refractivity contribution in [2.24, 2.45) is 0 Å². The van der Waals surface area contributed by atoms with Gasteiger partial charge in [0.05, 0.1) is 6.42 Å². The van der Waals surface area contributed by atoms with Gasteiger partial charge in [0, 0.05) is 5.69 Å². The third-order valence-corrected chi connectivity index (χ3v) is 4.40. The van der Waals surface area contributed by atoms with E-state index in [-0.39, 0.29) is 18.9 Å². The Balaban J connectivity index is 1.77. The van der Waals surface area contributed by atoms with E-state index in [1.54, 1.807) is 0 Å². The molecular formula is C18H21NO3S. The Morgan fingerprint density at radius 2 is 1.96 bits per heavy atom. The summed E-state index contributed by atoms with van der Waals surface area (Å²) in [5.41, 5.74) is 2.85. The Labute approximate surface area is 140 Å². The van der Waals surface area contributed by atoms with E-state index in [2.05, 4.69) is 19.2 Å². The fourth-order valence-corrected chi connectivity index (χ4v) is 2.75. The van der Waals surface area contributed by atoms with Gasteiger partial charge in [-0.2, -0.15) is 11.3 Å². The fraction of sp³-hybridized carbons (Fsp3) is 0.333.